The molecule has 0 aliphatic heterocycles. The second kappa shape index (κ2) is 8.38. The van der Waals surface area contributed by atoms with Crippen LogP contribution >= 0.6 is 0 Å². The van der Waals surface area contributed by atoms with Gasteiger partial charge in [-0.05, 0) is 55.0 Å². The number of hydrogen-bond acceptors (Lipinski definition) is 4. The number of rotatable bonds is 7. The molecular weight excluding hydrogens is 359 g/mol. The van der Waals surface area contributed by atoms with Crippen LogP contribution in [0.2, 0.25) is 0 Å². The maximum atomic E-state index is 13.1. The van der Waals surface area contributed by atoms with Gasteiger partial charge >= 0.3 is 11.9 Å². The summed E-state index contributed by atoms with van der Waals surface area (Å²) in [5.41, 5.74) is 2.25. The average Bonchev–Trinajstić information content (AvgIpc) is 3.50. The number of allylic oxidation sites excluding steroid dienone is 1. The summed E-state index contributed by atoms with van der Waals surface area (Å²) in [5, 5.41) is 0. The Labute approximate surface area is 164 Å². The lowest BCUT2D eigenvalue weighted by Gasteiger charge is -2.16. The number of methoxy groups -OCH3 is 1. The van der Waals surface area contributed by atoms with Crippen molar-refractivity contribution in [3.05, 3.63) is 77.1 Å². The van der Waals surface area contributed by atoms with Crippen LogP contribution in [0.15, 0.2) is 54.6 Å². The van der Waals surface area contributed by atoms with Crippen molar-refractivity contribution >= 4 is 17.5 Å². The molecule has 0 aromatic heterocycles. The highest BCUT2D eigenvalue weighted by molar-refractivity contribution is 6.16. The van der Waals surface area contributed by atoms with E-state index in [1.807, 2.05) is 18.2 Å². The lowest BCUT2D eigenvalue weighted by atomic mass is 9.96. The van der Waals surface area contributed by atoms with Crippen molar-refractivity contribution in [3.8, 4) is 0 Å². The summed E-state index contributed by atoms with van der Waals surface area (Å²) in [7, 11) is 1.33. The highest BCUT2D eigenvalue weighted by Gasteiger charge is 2.51. The Morgan fingerprint density at radius 3 is 2.39 bits per heavy atom. The summed E-state index contributed by atoms with van der Waals surface area (Å²) in [6.45, 7) is 1.84. The van der Waals surface area contributed by atoms with Crippen molar-refractivity contribution in [1.82, 2.24) is 0 Å². The third kappa shape index (κ3) is 4.30. The van der Waals surface area contributed by atoms with Gasteiger partial charge in [0.2, 0.25) is 0 Å². The fraction of sp³-hybridized carbons (Fsp3) is 0.304. The van der Waals surface area contributed by atoms with Crippen molar-refractivity contribution in [2.24, 2.45) is 5.41 Å². The van der Waals surface area contributed by atoms with Gasteiger partial charge in [0.05, 0.1) is 18.1 Å². The van der Waals surface area contributed by atoms with Crippen molar-refractivity contribution < 1.29 is 23.5 Å². The highest BCUT2D eigenvalue weighted by Crippen LogP contribution is 2.49. The minimum absolute atomic E-state index is 0.0779. The van der Waals surface area contributed by atoms with Crippen molar-refractivity contribution in [2.45, 2.75) is 32.8 Å². The van der Waals surface area contributed by atoms with Crippen LogP contribution in [0.1, 0.15) is 36.5 Å². The molecule has 0 heterocycles. The molecule has 0 amide bonds. The molecule has 0 unspecified atom stereocenters. The minimum atomic E-state index is -0.529. The molecule has 3 rings (SSSR count). The Hall–Kier alpha value is -2.95. The van der Waals surface area contributed by atoms with Gasteiger partial charge in [-0.1, -0.05) is 42.5 Å². The van der Waals surface area contributed by atoms with E-state index < -0.39 is 11.4 Å². The molecule has 1 saturated carbocycles. The first-order valence-corrected chi connectivity index (χ1v) is 9.23. The molecule has 4 nitrogen and oxygen atoms in total. The van der Waals surface area contributed by atoms with Crippen LogP contribution in [0.25, 0.3) is 5.57 Å². The topological polar surface area (TPSA) is 52.6 Å². The normalized spacial score (nSPS) is 15.0. The summed E-state index contributed by atoms with van der Waals surface area (Å²) < 4.78 is 23.5. The molecule has 1 aliphatic carbocycles. The van der Waals surface area contributed by atoms with Crippen molar-refractivity contribution in [2.75, 3.05) is 7.11 Å². The molecule has 0 N–H and O–H groups in total. The maximum Gasteiger partial charge on any atom is 0.338 e. The number of esters is 2. The third-order valence-corrected chi connectivity index (χ3v) is 5.10. The molecule has 0 radical (unpaired) electrons. The second-order valence-corrected chi connectivity index (χ2v) is 7.01. The molecule has 2 aromatic rings. The van der Waals surface area contributed by atoms with Gasteiger partial charge in [0.15, 0.2) is 0 Å². The van der Waals surface area contributed by atoms with Crippen LogP contribution in [0.3, 0.4) is 0 Å². The predicted octanol–water partition coefficient (Wildman–Crippen LogP) is 4.47. The first-order valence-electron chi connectivity index (χ1n) is 9.23. The predicted molar refractivity (Wildman–Crippen MR) is 104 cm³/mol. The Morgan fingerprint density at radius 1 is 1.11 bits per heavy atom. The quantitative estimate of drug-likeness (QED) is 0.524. The number of carbonyl (C=O) groups excluding carboxylic acids is 2. The first kappa shape index (κ1) is 19.8. The molecule has 0 bridgehead atoms. The average molecular weight is 382 g/mol. The van der Waals surface area contributed by atoms with E-state index >= 15 is 0 Å². The van der Waals surface area contributed by atoms with E-state index in [0.29, 0.717) is 17.6 Å². The Kier molecular flexibility index (Phi) is 5.93. The Morgan fingerprint density at radius 2 is 1.79 bits per heavy atom. The monoisotopic (exact) mass is 382 g/mol. The van der Waals surface area contributed by atoms with Gasteiger partial charge in [-0.25, -0.2) is 9.18 Å². The van der Waals surface area contributed by atoms with Crippen molar-refractivity contribution in [3.63, 3.8) is 0 Å². The molecule has 1 aliphatic rings. The zero-order valence-corrected chi connectivity index (χ0v) is 16.0. The number of benzene rings is 2. The zero-order chi connectivity index (χ0) is 20.1. The molecule has 0 atom stereocenters. The van der Waals surface area contributed by atoms with Gasteiger partial charge in [0.1, 0.15) is 12.4 Å². The Bertz CT molecular complexity index is 895. The van der Waals surface area contributed by atoms with Gasteiger partial charge in [-0.2, -0.15) is 0 Å². The summed E-state index contributed by atoms with van der Waals surface area (Å²) in [4.78, 5) is 24.7. The maximum absolute atomic E-state index is 13.1. The van der Waals surface area contributed by atoms with E-state index in [4.69, 9.17) is 9.47 Å². The lowest BCUT2D eigenvalue weighted by Crippen LogP contribution is -2.21. The number of hydrogen-bond donors (Lipinski definition) is 0. The smallest absolute Gasteiger partial charge is 0.338 e. The van der Waals surface area contributed by atoms with Gasteiger partial charge < -0.3 is 9.47 Å². The molecule has 5 heteroatoms. The summed E-state index contributed by atoms with van der Waals surface area (Å²) in [6.07, 6.45) is 3.74. The van der Waals surface area contributed by atoms with Crippen LogP contribution in [-0.4, -0.2) is 19.0 Å². The number of halogens is 1. The molecule has 0 spiro atoms. The fourth-order valence-corrected chi connectivity index (χ4v) is 3.30. The van der Waals surface area contributed by atoms with Crippen LogP contribution < -0.4 is 0 Å². The van der Waals surface area contributed by atoms with Gasteiger partial charge in [-0.3, -0.25) is 4.79 Å². The van der Waals surface area contributed by atoms with Gasteiger partial charge in [0, 0.05) is 0 Å². The zero-order valence-electron chi connectivity index (χ0n) is 16.0. The largest absolute Gasteiger partial charge is 0.465 e. The molecule has 146 valence electrons. The molecule has 2 aromatic carbocycles. The number of carbonyl (C=O) groups is 2. The van der Waals surface area contributed by atoms with Crippen LogP contribution in [0, 0.1) is 11.2 Å². The van der Waals surface area contributed by atoms with E-state index in [0.717, 1.165) is 24.0 Å². The second-order valence-electron chi connectivity index (χ2n) is 7.01. The van der Waals surface area contributed by atoms with E-state index in [9.17, 15) is 14.0 Å². The van der Waals surface area contributed by atoms with E-state index in [-0.39, 0.29) is 18.4 Å². The minimum Gasteiger partial charge on any atom is -0.465 e. The highest BCUT2D eigenvalue weighted by atomic mass is 19.1. The van der Waals surface area contributed by atoms with Crippen LogP contribution in [0.4, 0.5) is 4.39 Å². The van der Waals surface area contributed by atoms with Gasteiger partial charge in [-0.15, -0.1) is 0 Å². The van der Waals surface area contributed by atoms with E-state index in [1.54, 1.807) is 31.2 Å². The van der Waals surface area contributed by atoms with Crippen LogP contribution in [0.5, 0.6) is 0 Å². The molecule has 0 saturated heterocycles. The SMILES string of the molecule is CC=C(C(=O)OC)c1ccccc1COC(=O)C1(Cc2ccc(F)cc2)CC1. The summed E-state index contributed by atoms with van der Waals surface area (Å²) >= 11 is 0. The van der Waals surface area contributed by atoms with E-state index in [2.05, 4.69) is 0 Å². The van der Waals surface area contributed by atoms with Gasteiger partial charge in [0.25, 0.3) is 0 Å². The standard InChI is InChI=1S/C23H23FO4/c1-3-19(21(25)27-2)20-7-5-4-6-17(20)15-28-22(26)23(12-13-23)14-16-8-10-18(24)11-9-16/h3-11H,12-15H2,1-2H3. The molecule has 1 fully saturated rings. The molecular formula is C23H23FO4. The summed E-state index contributed by atoms with van der Waals surface area (Å²) in [5.74, 6) is -0.985. The lowest BCUT2D eigenvalue weighted by molar-refractivity contribution is -0.151. The molecule has 28 heavy (non-hydrogen) atoms. The fourth-order valence-electron chi connectivity index (χ4n) is 3.30. The van der Waals surface area contributed by atoms with Crippen molar-refractivity contribution in [1.29, 1.82) is 0 Å². The van der Waals surface area contributed by atoms with E-state index in [1.165, 1.54) is 19.2 Å². The third-order valence-electron chi connectivity index (χ3n) is 5.10. The van der Waals surface area contributed by atoms with Crippen LogP contribution in [-0.2, 0) is 32.1 Å². The summed E-state index contributed by atoms with van der Waals surface area (Å²) in [6, 6.07) is 13.5. The first-order chi connectivity index (χ1) is 13.5. The Balaban J connectivity index is 1.70. The number of ether oxygens (including phenoxy) is 2.